The van der Waals surface area contributed by atoms with Crippen LogP contribution in [0.5, 0.6) is 5.75 Å². The largest absolute Gasteiger partial charge is 0.482 e. The van der Waals surface area contributed by atoms with Crippen LogP contribution in [0.2, 0.25) is 0 Å². The average molecular weight is 502 g/mol. The number of carbonyl (C=O) groups is 3. The lowest BCUT2D eigenvalue weighted by atomic mass is 9.81. The van der Waals surface area contributed by atoms with E-state index >= 15 is 0 Å². The molecule has 0 bridgehead atoms. The van der Waals surface area contributed by atoms with Crippen molar-refractivity contribution in [1.82, 2.24) is 5.32 Å². The summed E-state index contributed by atoms with van der Waals surface area (Å²) in [6.07, 6.45) is -2.23. The van der Waals surface area contributed by atoms with Crippen molar-refractivity contribution in [2.45, 2.75) is 38.1 Å². The van der Waals surface area contributed by atoms with Crippen LogP contribution < -0.4 is 21.1 Å². The van der Waals surface area contributed by atoms with E-state index in [9.17, 15) is 19.5 Å². The Bertz CT molecular complexity index is 1260. The van der Waals surface area contributed by atoms with E-state index in [1.54, 1.807) is 78.9 Å². The number of nitrogens with one attached hydrogen (secondary N) is 2. The zero-order valence-corrected chi connectivity index (χ0v) is 20.8. The SMILES string of the molecule is CC(C)C[C@H](O)C(=O)N[C@](N)(C(=O)[C@H]1C(=O)Nc2ccccc2O[C@H]1c1ccccc1)c1ccccc1. The predicted molar refractivity (Wildman–Crippen MR) is 139 cm³/mol. The number of benzene rings is 3. The second-order valence-corrected chi connectivity index (χ2v) is 9.59. The summed E-state index contributed by atoms with van der Waals surface area (Å²) in [6, 6.07) is 24.1. The average Bonchev–Trinajstić information content (AvgIpc) is 3.04. The molecule has 0 saturated heterocycles. The Balaban J connectivity index is 1.80. The molecule has 3 aromatic rings. The topological polar surface area (TPSA) is 131 Å². The number of aliphatic hydroxyl groups is 1. The normalized spacial score (nSPS) is 19.4. The van der Waals surface area contributed by atoms with Gasteiger partial charge in [0, 0.05) is 0 Å². The van der Waals surface area contributed by atoms with Crippen LogP contribution in [0.1, 0.15) is 37.5 Å². The van der Waals surface area contributed by atoms with E-state index in [1.807, 2.05) is 19.9 Å². The number of nitrogens with two attached hydrogens (primary N) is 1. The standard InChI is InChI=1S/C29H31N3O5/c1-18(2)17-22(33)27(35)32-29(30,20-13-7-4-8-14-20)26(34)24-25(19-11-5-3-6-12-19)37-23-16-10-9-15-21(23)31-28(24)36/h3-16,18,22,24-25,33H,17,30H2,1-2H3,(H,31,36)(H,32,35)/t22-,24-,25-,29-/m0/s1. The first-order valence-corrected chi connectivity index (χ1v) is 12.2. The highest BCUT2D eigenvalue weighted by molar-refractivity contribution is 6.12. The molecule has 2 amide bonds. The monoisotopic (exact) mass is 501 g/mol. The summed E-state index contributed by atoms with van der Waals surface area (Å²) >= 11 is 0. The number of hydrogen-bond acceptors (Lipinski definition) is 6. The van der Waals surface area contributed by atoms with Gasteiger partial charge < -0.3 is 20.5 Å². The maximum absolute atomic E-state index is 14.3. The summed E-state index contributed by atoms with van der Waals surface area (Å²) in [4.78, 5) is 41.0. The van der Waals surface area contributed by atoms with Crippen molar-refractivity contribution in [1.29, 1.82) is 0 Å². The van der Waals surface area contributed by atoms with Crippen molar-refractivity contribution in [3.8, 4) is 5.75 Å². The molecule has 8 heteroatoms. The van der Waals surface area contributed by atoms with Crippen LogP contribution in [0.4, 0.5) is 5.69 Å². The van der Waals surface area contributed by atoms with E-state index in [0.29, 0.717) is 17.0 Å². The highest BCUT2D eigenvalue weighted by Gasteiger charge is 2.50. The number of rotatable bonds is 8. The quantitative estimate of drug-likeness (QED) is 0.277. The molecule has 4 rings (SSSR count). The van der Waals surface area contributed by atoms with Crippen LogP contribution in [0, 0.1) is 11.8 Å². The Morgan fingerprint density at radius 2 is 1.59 bits per heavy atom. The number of carbonyl (C=O) groups excluding carboxylic acids is 3. The fraction of sp³-hybridized carbons (Fsp3) is 0.276. The maximum Gasteiger partial charge on any atom is 0.250 e. The van der Waals surface area contributed by atoms with E-state index < -0.39 is 41.4 Å². The third kappa shape index (κ3) is 5.55. The van der Waals surface area contributed by atoms with Crippen molar-refractivity contribution in [3.05, 3.63) is 96.1 Å². The van der Waals surface area contributed by atoms with Crippen molar-refractivity contribution >= 4 is 23.3 Å². The Labute approximate surface area is 215 Å². The number of para-hydroxylation sites is 2. The summed E-state index contributed by atoms with van der Waals surface area (Å²) < 4.78 is 6.26. The second-order valence-electron chi connectivity index (χ2n) is 9.59. The van der Waals surface area contributed by atoms with E-state index in [2.05, 4.69) is 10.6 Å². The minimum absolute atomic E-state index is 0.0300. The van der Waals surface area contributed by atoms with Gasteiger partial charge in [-0.05, 0) is 35.6 Å². The summed E-state index contributed by atoms with van der Waals surface area (Å²) in [5.74, 6) is -3.19. The lowest BCUT2D eigenvalue weighted by Crippen LogP contribution is -2.63. The van der Waals surface area contributed by atoms with Gasteiger partial charge in [-0.25, -0.2) is 0 Å². The summed E-state index contributed by atoms with van der Waals surface area (Å²) in [6.45, 7) is 3.73. The molecule has 0 radical (unpaired) electrons. The zero-order valence-electron chi connectivity index (χ0n) is 20.8. The molecular formula is C29H31N3O5. The molecular weight excluding hydrogens is 470 g/mol. The van der Waals surface area contributed by atoms with Gasteiger partial charge in [0.25, 0.3) is 5.91 Å². The van der Waals surface area contributed by atoms with Crippen molar-refractivity contribution in [2.24, 2.45) is 17.6 Å². The summed E-state index contributed by atoms with van der Waals surface area (Å²) in [7, 11) is 0. The van der Waals surface area contributed by atoms with Gasteiger partial charge in [-0.3, -0.25) is 20.1 Å². The van der Waals surface area contributed by atoms with Gasteiger partial charge in [0.1, 0.15) is 23.9 Å². The molecule has 1 aliphatic heterocycles. The van der Waals surface area contributed by atoms with E-state index in [4.69, 9.17) is 10.5 Å². The third-order valence-corrected chi connectivity index (χ3v) is 6.33. The molecule has 4 atom stereocenters. The van der Waals surface area contributed by atoms with Crippen LogP contribution in [0.25, 0.3) is 0 Å². The third-order valence-electron chi connectivity index (χ3n) is 6.33. The van der Waals surface area contributed by atoms with Gasteiger partial charge in [0.15, 0.2) is 11.4 Å². The molecule has 0 aliphatic carbocycles. The van der Waals surface area contributed by atoms with Crippen molar-refractivity contribution in [3.63, 3.8) is 0 Å². The molecule has 37 heavy (non-hydrogen) atoms. The Morgan fingerprint density at radius 1 is 1.00 bits per heavy atom. The molecule has 1 aliphatic rings. The molecule has 0 unspecified atom stereocenters. The Kier molecular flexibility index (Phi) is 7.71. The minimum Gasteiger partial charge on any atom is -0.482 e. The zero-order chi connectivity index (χ0) is 26.6. The maximum atomic E-state index is 14.3. The molecule has 3 aromatic carbocycles. The highest BCUT2D eigenvalue weighted by atomic mass is 16.5. The summed E-state index contributed by atoms with van der Waals surface area (Å²) in [5, 5.41) is 15.8. The predicted octanol–water partition coefficient (Wildman–Crippen LogP) is 3.28. The number of aliphatic hydroxyl groups excluding tert-OH is 1. The molecule has 0 aromatic heterocycles. The number of amides is 2. The lowest BCUT2D eigenvalue weighted by Gasteiger charge is -2.35. The first-order chi connectivity index (χ1) is 17.7. The van der Waals surface area contributed by atoms with Crippen LogP contribution in [0.3, 0.4) is 0 Å². The first-order valence-electron chi connectivity index (χ1n) is 12.2. The number of ketones is 1. The molecule has 0 spiro atoms. The van der Waals surface area contributed by atoms with E-state index in [0.717, 1.165) is 0 Å². The minimum atomic E-state index is -2.12. The molecule has 8 nitrogen and oxygen atoms in total. The van der Waals surface area contributed by atoms with Crippen molar-refractivity contribution < 1.29 is 24.2 Å². The molecule has 5 N–H and O–H groups in total. The smallest absolute Gasteiger partial charge is 0.250 e. The van der Waals surface area contributed by atoms with Gasteiger partial charge in [-0.1, -0.05) is 86.6 Å². The Hall–Kier alpha value is -4.01. The number of fused-ring (bicyclic) bond motifs is 1. The fourth-order valence-electron chi connectivity index (χ4n) is 4.44. The van der Waals surface area contributed by atoms with Gasteiger partial charge in [0.2, 0.25) is 5.91 Å². The number of ether oxygens (including phenoxy) is 1. The second kappa shape index (κ2) is 10.9. The van der Waals surface area contributed by atoms with Crippen LogP contribution in [-0.2, 0) is 20.0 Å². The van der Waals surface area contributed by atoms with Crippen LogP contribution in [0.15, 0.2) is 84.9 Å². The van der Waals surface area contributed by atoms with Gasteiger partial charge in [0.05, 0.1) is 5.69 Å². The first kappa shape index (κ1) is 26.1. The number of Topliss-reactive ketones (excluding diaryl/α,β-unsaturated/α-hetero) is 1. The highest BCUT2D eigenvalue weighted by Crippen LogP contribution is 2.39. The van der Waals surface area contributed by atoms with Gasteiger partial charge in [-0.15, -0.1) is 0 Å². The van der Waals surface area contributed by atoms with Crippen LogP contribution in [-0.4, -0.2) is 28.8 Å². The van der Waals surface area contributed by atoms with Crippen molar-refractivity contribution in [2.75, 3.05) is 5.32 Å². The van der Waals surface area contributed by atoms with Gasteiger partial charge >= 0.3 is 0 Å². The molecule has 1 heterocycles. The molecule has 0 fully saturated rings. The van der Waals surface area contributed by atoms with E-state index in [-0.39, 0.29) is 17.9 Å². The Morgan fingerprint density at radius 3 is 2.24 bits per heavy atom. The lowest BCUT2D eigenvalue weighted by molar-refractivity contribution is -0.144. The number of anilines is 1. The molecule has 192 valence electrons. The summed E-state index contributed by atoms with van der Waals surface area (Å²) in [5.41, 5.74) is 5.85. The van der Waals surface area contributed by atoms with Crippen LogP contribution >= 0.6 is 0 Å². The van der Waals surface area contributed by atoms with Gasteiger partial charge in [-0.2, -0.15) is 0 Å². The van der Waals surface area contributed by atoms with E-state index in [1.165, 1.54) is 0 Å². The fourth-order valence-corrected chi connectivity index (χ4v) is 4.44. The molecule has 0 saturated carbocycles. The number of hydrogen-bond donors (Lipinski definition) is 4.